The number of benzene rings is 1. The highest BCUT2D eigenvalue weighted by Gasteiger charge is 2.13. The molecule has 7 nitrogen and oxygen atoms in total. The topological polar surface area (TPSA) is 82.3 Å². The van der Waals surface area contributed by atoms with Gasteiger partial charge in [0, 0.05) is 19.5 Å². The zero-order valence-corrected chi connectivity index (χ0v) is 13.4. The zero-order valence-electron chi connectivity index (χ0n) is 13.4. The van der Waals surface area contributed by atoms with Crippen molar-refractivity contribution in [2.24, 2.45) is 0 Å². The summed E-state index contributed by atoms with van der Waals surface area (Å²) in [6.45, 7) is 2.75. The van der Waals surface area contributed by atoms with E-state index < -0.39 is 5.97 Å². The summed E-state index contributed by atoms with van der Waals surface area (Å²) in [5.74, 6) is -0.801. The molecular weight excluding hydrogens is 298 g/mol. The molecule has 124 valence electrons. The minimum Gasteiger partial charge on any atom is -0.468 e. The summed E-state index contributed by atoms with van der Waals surface area (Å²) in [6.07, 6.45) is 0.977. The summed E-state index contributed by atoms with van der Waals surface area (Å²) < 4.78 is 7.78. The Morgan fingerprint density at radius 2 is 1.74 bits per heavy atom. The number of ether oxygens (including phenoxy) is 1. The van der Waals surface area contributed by atoms with Crippen molar-refractivity contribution >= 4 is 22.9 Å². The van der Waals surface area contributed by atoms with Crippen LogP contribution in [0.3, 0.4) is 0 Å². The Morgan fingerprint density at radius 1 is 1.13 bits per heavy atom. The minimum atomic E-state index is -0.505. The maximum atomic E-state index is 12.5. The van der Waals surface area contributed by atoms with E-state index in [0.717, 1.165) is 17.5 Å². The normalized spacial score (nSPS) is 10.7. The number of aryl methyl sites for hydroxylation is 2. The molecule has 0 spiro atoms. The van der Waals surface area contributed by atoms with Gasteiger partial charge >= 0.3 is 11.7 Å². The molecule has 1 aromatic carbocycles. The monoisotopic (exact) mass is 319 g/mol. The van der Waals surface area contributed by atoms with Crippen LogP contribution >= 0.6 is 0 Å². The second-order valence-corrected chi connectivity index (χ2v) is 5.18. The number of carbonyl (C=O) groups excluding carboxylic acids is 2. The van der Waals surface area contributed by atoms with Gasteiger partial charge in [-0.25, -0.2) is 4.79 Å². The Balaban J connectivity index is 2.14. The number of hydrogen-bond donors (Lipinski definition) is 1. The van der Waals surface area contributed by atoms with E-state index in [1.807, 2.05) is 31.2 Å². The second-order valence-electron chi connectivity index (χ2n) is 5.18. The molecular formula is C16H21N3O4. The summed E-state index contributed by atoms with van der Waals surface area (Å²) in [5, 5.41) is 2.47. The highest BCUT2D eigenvalue weighted by molar-refractivity contribution is 5.82. The molecule has 1 aromatic heterocycles. The van der Waals surface area contributed by atoms with Gasteiger partial charge in [-0.1, -0.05) is 19.1 Å². The van der Waals surface area contributed by atoms with Crippen molar-refractivity contribution in [3.8, 4) is 0 Å². The standard InChI is InChI=1S/C16H21N3O4/c1-3-9-18-12-6-4-5-7-13(12)19(16(18)22)10-8-14(20)17-11-15(21)23-2/h4-7H,3,8-11H2,1-2H3,(H,17,20). The predicted molar refractivity (Wildman–Crippen MR) is 86.1 cm³/mol. The van der Waals surface area contributed by atoms with Crippen LogP contribution in [0.2, 0.25) is 0 Å². The van der Waals surface area contributed by atoms with Crippen molar-refractivity contribution in [2.45, 2.75) is 32.9 Å². The van der Waals surface area contributed by atoms with Crippen molar-refractivity contribution < 1.29 is 14.3 Å². The first-order chi connectivity index (χ1) is 11.1. The number of rotatable bonds is 7. The lowest BCUT2D eigenvalue weighted by atomic mass is 10.3. The summed E-state index contributed by atoms with van der Waals surface area (Å²) in [4.78, 5) is 35.3. The Bertz CT molecular complexity index is 760. The third-order valence-corrected chi connectivity index (χ3v) is 3.59. The fraction of sp³-hybridized carbons (Fsp3) is 0.438. The lowest BCUT2D eigenvalue weighted by Gasteiger charge is -2.05. The van der Waals surface area contributed by atoms with Gasteiger partial charge in [-0.3, -0.25) is 18.7 Å². The molecule has 2 rings (SSSR count). The molecule has 0 aliphatic heterocycles. The number of nitrogens with zero attached hydrogens (tertiary/aromatic N) is 2. The predicted octanol–water partition coefficient (Wildman–Crippen LogP) is 0.892. The van der Waals surface area contributed by atoms with E-state index in [1.54, 1.807) is 9.13 Å². The maximum Gasteiger partial charge on any atom is 0.329 e. The van der Waals surface area contributed by atoms with Crippen LogP contribution in [-0.4, -0.2) is 34.7 Å². The van der Waals surface area contributed by atoms with Crippen molar-refractivity contribution in [3.05, 3.63) is 34.7 Å². The number of imidazole rings is 1. The number of aromatic nitrogens is 2. The molecule has 1 N–H and O–H groups in total. The highest BCUT2D eigenvalue weighted by Crippen LogP contribution is 2.13. The molecule has 2 aromatic rings. The van der Waals surface area contributed by atoms with Gasteiger partial charge in [-0.2, -0.15) is 0 Å². The molecule has 0 aliphatic rings. The van der Waals surface area contributed by atoms with Crippen molar-refractivity contribution in [1.82, 2.24) is 14.5 Å². The molecule has 0 unspecified atom stereocenters. The fourth-order valence-corrected chi connectivity index (χ4v) is 2.47. The van der Waals surface area contributed by atoms with E-state index in [0.29, 0.717) is 6.54 Å². The molecule has 1 amide bonds. The van der Waals surface area contributed by atoms with Crippen molar-refractivity contribution in [2.75, 3.05) is 13.7 Å². The SMILES string of the molecule is CCCn1c(=O)n(CCC(=O)NCC(=O)OC)c2ccccc21. The molecule has 0 saturated carbocycles. The Labute approximate surface area is 133 Å². The summed E-state index contributed by atoms with van der Waals surface area (Å²) in [5.41, 5.74) is 1.56. The van der Waals surface area contributed by atoms with Crippen LogP contribution in [0.1, 0.15) is 19.8 Å². The minimum absolute atomic E-state index is 0.117. The summed E-state index contributed by atoms with van der Waals surface area (Å²) >= 11 is 0. The Morgan fingerprint density at radius 3 is 2.30 bits per heavy atom. The molecule has 0 saturated heterocycles. The van der Waals surface area contributed by atoms with E-state index in [9.17, 15) is 14.4 Å². The molecule has 7 heteroatoms. The van der Waals surface area contributed by atoms with Gasteiger partial charge in [0.2, 0.25) is 5.91 Å². The van der Waals surface area contributed by atoms with Crippen LogP contribution in [0, 0.1) is 0 Å². The number of amides is 1. The van der Waals surface area contributed by atoms with E-state index in [-0.39, 0.29) is 31.1 Å². The number of esters is 1. The van der Waals surface area contributed by atoms with Gasteiger partial charge in [0.25, 0.3) is 0 Å². The van der Waals surface area contributed by atoms with Gasteiger partial charge in [-0.05, 0) is 18.6 Å². The van der Waals surface area contributed by atoms with E-state index in [4.69, 9.17) is 0 Å². The number of para-hydroxylation sites is 2. The molecule has 1 heterocycles. The Kier molecular flexibility index (Phi) is 5.56. The average molecular weight is 319 g/mol. The van der Waals surface area contributed by atoms with Crippen molar-refractivity contribution in [3.63, 3.8) is 0 Å². The zero-order chi connectivity index (χ0) is 16.8. The maximum absolute atomic E-state index is 12.5. The van der Waals surface area contributed by atoms with E-state index >= 15 is 0 Å². The summed E-state index contributed by atoms with van der Waals surface area (Å²) in [6, 6.07) is 7.53. The Hall–Kier alpha value is -2.57. The molecule has 0 bridgehead atoms. The van der Waals surface area contributed by atoms with Gasteiger partial charge in [-0.15, -0.1) is 0 Å². The first-order valence-corrected chi connectivity index (χ1v) is 7.60. The second kappa shape index (κ2) is 7.62. The van der Waals surface area contributed by atoms with Crippen molar-refractivity contribution in [1.29, 1.82) is 0 Å². The molecule has 0 aliphatic carbocycles. The fourth-order valence-electron chi connectivity index (χ4n) is 2.47. The first kappa shape index (κ1) is 16.8. The summed E-state index contributed by atoms with van der Waals surface area (Å²) in [7, 11) is 1.26. The van der Waals surface area contributed by atoms with Gasteiger partial charge < -0.3 is 10.1 Å². The van der Waals surface area contributed by atoms with E-state index in [1.165, 1.54) is 7.11 Å². The lowest BCUT2D eigenvalue weighted by molar-refractivity contribution is -0.141. The number of fused-ring (bicyclic) bond motifs is 1. The first-order valence-electron chi connectivity index (χ1n) is 7.60. The van der Waals surface area contributed by atoms with Crippen LogP contribution < -0.4 is 11.0 Å². The highest BCUT2D eigenvalue weighted by atomic mass is 16.5. The third-order valence-electron chi connectivity index (χ3n) is 3.59. The van der Waals surface area contributed by atoms with Crippen LogP contribution in [0.25, 0.3) is 11.0 Å². The number of nitrogens with one attached hydrogen (secondary N) is 1. The smallest absolute Gasteiger partial charge is 0.329 e. The third kappa shape index (κ3) is 3.80. The lowest BCUT2D eigenvalue weighted by Crippen LogP contribution is -2.32. The number of carbonyl (C=O) groups is 2. The molecule has 0 radical (unpaired) electrons. The molecule has 0 fully saturated rings. The number of hydrogen-bond acceptors (Lipinski definition) is 4. The molecule has 0 atom stereocenters. The van der Waals surface area contributed by atoms with Gasteiger partial charge in [0.05, 0.1) is 18.1 Å². The molecule has 23 heavy (non-hydrogen) atoms. The average Bonchev–Trinajstić information content (AvgIpc) is 2.83. The quantitative estimate of drug-likeness (QED) is 0.769. The van der Waals surface area contributed by atoms with Gasteiger partial charge in [0.1, 0.15) is 6.54 Å². The van der Waals surface area contributed by atoms with Crippen LogP contribution in [0.5, 0.6) is 0 Å². The van der Waals surface area contributed by atoms with Gasteiger partial charge in [0.15, 0.2) is 0 Å². The van der Waals surface area contributed by atoms with Crippen LogP contribution in [-0.2, 0) is 27.4 Å². The van der Waals surface area contributed by atoms with Crippen LogP contribution in [0.4, 0.5) is 0 Å². The van der Waals surface area contributed by atoms with Crippen LogP contribution in [0.15, 0.2) is 29.1 Å². The largest absolute Gasteiger partial charge is 0.468 e. The van der Waals surface area contributed by atoms with E-state index in [2.05, 4.69) is 10.1 Å². The number of methoxy groups -OCH3 is 1.